The zero-order chi connectivity index (χ0) is 6.10. The maximum Gasteiger partial charge on any atom is 0.173 e. The van der Waals surface area contributed by atoms with E-state index in [4.69, 9.17) is 0 Å². The predicted molar refractivity (Wildman–Crippen MR) is 29.6 cm³/mol. The monoisotopic (exact) mass is 119 g/mol. The molecule has 0 unspecified atom stereocenters. The second-order valence-corrected chi connectivity index (χ2v) is 1.58. The molecule has 0 N–H and O–H groups in total. The van der Waals surface area contributed by atoms with Crippen LogP contribution in [0, 0.1) is 6.20 Å². The molecule has 0 saturated carbocycles. The minimum atomic E-state index is 0.744. The quantitative estimate of drug-likeness (QED) is 0.487. The normalized spacial score (nSPS) is 10.2. The molecule has 0 spiro atoms. The lowest BCUT2D eigenvalue weighted by molar-refractivity contribution is 0.943. The van der Waals surface area contributed by atoms with Crippen LogP contribution in [-0.2, 0) is 0 Å². The molecule has 1 radical (unpaired) electrons. The molecule has 0 saturated heterocycles. The summed E-state index contributed by atoms with van der Waals surface area (Å²) >= 11 is 0. The highest BCUT2D eigenvalue weighted by atomic mass is 15.3. The van der Waals surface area contributed by atoms with E-state index in [1.165, 1.54) is 6.33 Å². The van der Waals surface area contributed by atoms with Gasteiger partial charge in [0.15, 0.2) is 5.65 Å². The van der Waals surface area contributed by atoms with Gasteiger partial charge in [0.05, 0.1) is 12.4 Å². The van der Waals surface area contributed by atoms with Crippen molar-refractivity contribution in [3.63, 3.8) is 0 Å². The van der Waals surface area contributed by atoms with Crippen molar-refractivity contribution < 1.29 is 0 Å². The lowest BCUT2D eigenvalue weighted by atomic mass is 10.7. The molecule has 43 valence electrons. The van der Waals surface area contributed by atoms with Gasteiger partial charge in [-0.3, -0.25) is 0 Å². The molecule has 0 amide bonds. The molecule has 0 aromatic carbocycles. The van der Waals surface area contributed by atoms with Crippen molar-refractivity contribution in [3.05, 3.63) is 24.9 Å². The van der Waals surface area contributed by atoms with Gasteiger partial charge in [0.1, 0.15) is 12.5 Å². The van der Waals surface area contributed by atoms with Crippen molar-refractivity contribution in [2.45, 2.75) is 0 Å². The molecule has 4 heteroatoms. The minimum absolute atomic E-state index is 0.744. The van der Waals surface area contributed by atoms with Gasteiger partial charge in [0, 0.05) is 0 Å². The molecule has 0 aliphatic rings. The summed E-state index contributed by atoms with van der Waals surface area (Å²) in [5.74, 6) is 0. The molecule has 0 atom stereocenters. The van der Waals surface area contributed by atoms with Gasteiger partial charge in [-0.15, -0.1) is 0 Å². The Morgan fingerprint density at radius 3 is 3.44 bits per heavy atom. The Morgan fingerprint density at radius 1 is 1.56 bits per heavy atom. The molecule has 2 rings (SSSR count). The van der Waals surface area contributed by atoms with Crippen LogP contribution in [0.25, 0.3) is 5.65 Å². The maximum atomic E-state index is 3.89. The van der Waals surface area contributed by atoms with Gasteiger partial charge < -0.3 is 0 Å². The van der Waals surface area contributed by atoms with Crippen LogP contribution in [-0.4, -0.2) is 19.6 Å². The van der Waals surface area contributed by atoms with Crippen LogP contribution in [0.4, 0.5) is 0 Å². The van der Waals surface area contributed by atoms with Gasteiger partial charge >= 0.3 is 0 Å². The van der Waals surface area contributed by atoms with Crippen molar-refractivity contribution >= 4 is 5.65 Å². The number of fused-ring (bicyclic) bond motifs is 1. The Bertz CT molecular complexity index is 283. The summed E-state index contributed by atoms with van der Waals surface area (Å²) < 4.78 is 1.60. The first-order valence-corrected chi connectivity index (χ1v) is 2.48. The van der Waals surface area contributed by atoms with Crippen molar-refractivity contribution in [3.8, 4) is 0 Å². The van der Waals surface area contributed by atoms with Crippen LogP contribution >= 0.6 is 0 Å². The molecule has 0 aliphatic carbocycles. The lowest BCUT2D eigenvalue weighted by Gasteiger charge is -1.83. The lowest BCUT2D eigenvalue weighted by Crippen LogP contribution is -1.85. The molecule has 0 fully saturated rings. The Balaban J connectivity index is 2.95. The van der Waals surface area contributed by atoms with Gasteiger partial charge in [-0.1, -0.05) is 0 Å². The number of rotatable bonds is 0. The molecule has 0 aliphatic heterocycles. The number of nitrogens with zero attached hydrogens (tertiary/aromatic N) is 4. The van der Waals surface area contributed by atoms with Crippen molar-refractivity contribution in [1.29, 1.82) is 0 Å². The van der Waals surface area contributed by atoms with Crippen LogP contribution in [0.15, 0.2) is 18.7 Å². The van der Waals surface area contributed by atoms with Crippen molar-refractivity contribution in [1.82, 2.24) is 19.6 Å². The molecule has 2 heterocycles. The maximum absolute atomic E-state index is 3.89. The summed E-state index contributed by atoms with van der Waals surface area (Å²) in [6.45, 7) is 0. The summed E-state index contributed by atoms with van der Waals surface area (Å²) in [5, 5.41) is 3.85. The van der Waals surface area contributed by atoms with Crippen LogP contribution in [0.2, 0.25) is 0 Å². The first kappa shape index (κ1) is 4.43. The highest BCUT2D eigenvalue weighted by Gasteiger charge is 1.88. The van der Waals surface area contributed by atoms with Gasteiger partial charge in [-0.25, -0.2) is 14.5 Å². The fraction of sp³-hybridized carbons (Fsp3) is 0. The third kappa shape index (κ3) is 0.561. The third-order valence-corrected chi connectivity index (χ3v) is 1.04. The smallest absolute Gasteiger partial charge is 0.173 e. The molecule has 0 bridgehead atoms. The zero-order valence-electron chi connectivity index (χ0n) is 4.52. The first-order chi connectivity index (χ1) is 4.47. The van der Waals surface area contributed by atoms with E-state index < -0.39 is 0 Å². The first-order valence-electron chi connectivity index (χ1n) is 2.48. The highest BCUT2D eigenvalue weighted by molar-refractivity contribution is 5.30. The summed E-state index contributed by atoms with van der Waals surface area (Å²) in [7, 11) is 0. The molecular weight excluding hydrogens is 116 g/mol. The van der Waals surface area contributed by atoms with E-state index in [0.29, 0.717) is 0 Å². The summed E-state index contributed by atoms with van der Waals surface area (Å²) in [6.07, 6.45) is 7.34. The third-order valence-electron chi connectivity index (χ3n) is 1.04. The average molecular weight is 119 g/mol. The largest absolute Gasteiger partial charge is 0.249 e. The van der Waals surface area contributed by atoms with E-state index in [1.807, 2.05) is 0 Å². The van der Waals surface area contributed by atoms with Gasteiger partial charge in [0.2, 0.25) is 0 Å². The summed E-state index contributed by atoms with van der Waals surface area (Å²) in [5.41, 5.74) is 0.744. The van der Waals surface area contributed by atoms with Crippen molar-refractivity contribution in [2.24, 2.45) is 0 Å². The molecular formula is C5H3N4. The van der Waals surface area contributed by atoms with E-state index in [2.05, 4.69) is 21.3 Å². The SMILES string of the molecule is [c]1cn2ncnc2cn1. The fourth-order valence-electron chi connectivity index (χ4n) is 0.634. The molecule has 4 nitrogen and oxygen atoms in total. The molecule has 9 heavy (non-hydrogen) atoms. The highest BCUT2D eigenvalue weighted by Crippen LogP contribution is 1.89. The second kappa shape index (κ2) is 1.51. The van der Waals surface area contributed by atoms with E-state index in [0.717, 1.165) is 5.65 Å². The Kier molecular flexibility index (Phi) is 0.745. The predicted octanol–water partition coefficient (Wildman–Crippen LogP) is -0.0755. The Labute approximate surface area is 51.2 Å². The van der Waals surface area contributed by atoms with Crippen LogP contribution < -0.4 is 0 Å². The summed E-state index contributed by atoms with van der Waals surface area (Å²) in [4.78, 5) is 7.62. The topological polar surface area (TPSA) is 43.1 Å². The van der Waals surface area contributed by atoms with E-state index >= 15 is 0 Å². The number of aromatic nitrogens is 4. The van der Waals surface area contributed by atoms with Crippen LogP contribution in [0.1, 0.15) is 0 Å². The van der Waals surface area contributed by atoms with Crippen LogP contribution in [0.5, 0.6) is 0 Å². The standard InChI is InChI=1S/C5H3N4/c1-2-9-5(3-6-1)7-4-8-9/h2-4H. The number of hydrogen-bond acceptors (Lipinski definition) is 3. The average Bonchev–Trinajstić information content (AvgIpc) is 2.33. The van der Waals surface area contributed by atoms with Gasteiger partial charge in [-0.2, -0.15) is 5.10 Å². The van der Waals surface area contributed by atoms with E-state index in [9.17, 15) is 0 Å². The summed E-state index contributed by atoms with van der Waals surface area (Å²) in [6, 6.07) is 0. The van der Waals surface area contributed by atoms with Crippen LogP contribution in [0.3, 0.4) is 0 Å². The fourth-order valence-corrected chi connectivity index (χ4v) is 0.634. The zero-order valence-corrected chi connectivity index (χ0v) is 4.52. The molecule has 2 aromatic heterocycles. The van der Waals surface area contributed by atoms with E-state index in [-0.39, 0.29) is 0 Å². The van der Waals surface area contributed by atoms with Crippen molar-refractivity contribution in [2.75, 3.05) is 0 Å². The Hall–Kier alpha value is -1.45. The van der Waals surface area contributed by atoms with E-state index in [1.54, 1.807) is 16.9 Å². The van der Waals surface area contributed by atoms with Gasteiger partial charge in [0.25, 0.3) is 0 Å². The number of hydrogen-bond donors (Lipinski definition) is 0. The Morgan fingerprint density at radius 2 is 2.56 bits per heavy atom. The second-order valence-electron chi connectivity index (χ2n) is 1.58. The molecule has 2 aromatic rings. The minimum Gasteiger partial charge on any atom is -0.249 e. The van der Waals surface area contributed by atoms with Gasteiger partial charge in [-0.05, 0) is 0 Å².